The Morgan fingerprint density at radius 1 is 1.28 bits per heavy atom. The summed E-state index contributed by atoms with van der Waals surface area (Å²) in [6, 6.07) is 5.73. The molecular weight excluding hydrogens is 342 g/mol. The number of amides is 3. The molecule has 2 heterocycles. The first-order valence-corrected chi connectivity index (χ1v) is 8.59. The molecule has 0 aliphatic carbocycles. The Bertz CT molecular complexity index is 833. The molecule has 2 aromatic rings. The molecule has 0 radical (unpaired) electrons. The van der Waals surface area contributed by atoms with Gasteiger partial charge in [0, 0.05) is 5.92 Å². The van der Waals surface area contributed by atoms with Gasteiger partial charge in [-0.1, -0.05) is 37.3 Å². The van der Waals surface area contributed by atoms with Crippen LogP contribution in [-0.4, -0.2) is 34.0 Å². The summed E-state index contributed by atoms with van der Waals surface area (Å²) < 4.78 is 0. The van der Waals surface area contributed by atoms with Gasteiger partial charge in [-0.25, -0.2) is 0 Å². The zero-order valence-corrected chi connectivity index (χ0v) is 14.5. The molecule has 3 rings (SSSR count). The summed E-state index contributed by atoms with van der Waals surface area (Å²) >= 11 is 1.28. The average molecular weight is 359 g/mol. The van der Waals surface area contributed by atoms with Crippen molar-refractivity contribution in [1.29, 1.82) is 0 Å². The van der Waals surface area contributed by atoms with Crippen molar-refractivity contribution in [2.24, 2.45) is 0 Å². The molecule has 25 heavy (non-hydrogen) atoms. The molecule has 0 spiro atoms. The van der Waals surface area contributed by atoms with E-state index in [1.807, 2.05) is 13.8 Å². The third-order valence-electron chi connectivity index (χ3n) is 3.62. The van der Waals surface area contributed by atoms with E-state index in [0.29, 0.717) is 16.4 Å². The van der Waals surface area contributed by atoms with Crippen molar-refractivity contribution in [2.45, 2.75) is 32.2 Å². The van der Waals surface area contributed by atoms with Crippen molar-refractivity contribution in [2.75, 3.05) is 10.6 Å². The molecule has 0 fully saturated rings. The van der Waals surface area contributed by atoms with Crippen LogP contribution in [0.15, 0.2) is 24.3 Å². The minimum atomic E-state index is -0.961. The number of carbonyl (C=O) groups is 3. The van der Waals surface area contributed by atoms with Crippen molar-refractivity contribution in [3.63, 3.8) is 0 Å². The number of nitrogens with one attached hydrogen (secondary N) is 3. The SMILES string of the molecule is CC(C)c1nnc(NC(=O)C[C@@H]2NC(=O)c3ccccc3NC2=O)s1. The second-order valence-corrected chi connectivity index (χ2v) is 6.92. The number of rotatable bonds is 4. The second kappa shape index (κ2) is 6.98. The number of para-hydroxylation sites is 1. The third-order valence-corrected chi connectivity index (χ3v) is 4.76. The quantitative estimate of drug-likeness (QED) is 0.769. The number of hydrogen-bond donors (Lipinski definition) is 3. The first kappa shape index (κ1) is 17.0. The van der Waals surface area contributed by atoms with Gasteiger partial charge >= 0.3 is 0 Å². The van der Waals surface area contributed by atoms with Gasteiger partial charge in [0.2, 0.25) is 16.9 Å². The summed E-state index contributed by atoms with van der Waals surface area (Å²) in [4.78, 5) is 36.7. The third kappa shape index (κ3) is 3.82. The van der Waals surface area contributed by atoms with E-state index in [2.05, 4.69) is 26.1 Å². The summed E-state index contributed by atoms with van der Waals surface area (Å²) in [6.45, 7) is 3.96. The first-order chi connectivity index (χ1) is 11.9. The maximum Gasteiger partial charge on any atom is 0.254 e. The summed E-state index contributed by atoms with van der Waals surface area (Å²) in [6.07, 6.45) is -0.192. The maximum atomic E-state index is 12.3. The smallest absolute Gasteiger partial charge is 0.254 e. The number of benzene rings is 1. The van der Waals surface area contributed by atoms with E-state index in [9.17, 15) is 14.4 Å². The second-order valence-electron chi connectivity index (χ2n) is 5.91. The minimum absolute atomic E-state index is 0.192. The van der Waals surface area contributed by atoms with Crippen molar-refractivity contribution in [3.8, 4) is 0 Å². The summed E-state index contributed by atoms with van der Waals surface area (Å²) in [5.41, 5.74) is 0.795. The van der Waals surface area contributed by atoms with E-state index >= 15 is 0 Å². The monoisotopic (exact) mass is 359 g/mol. The van der Waals surface area contributed by atoms with Crippen molar-refractivity contribution >= 4 is 39.9 Å². The van der Waals surface area contributed by atoms with Crippen LogP contribution in [0.25, 0.3) is 0 Å². The van der Waals surface area contributed by atoms with Gasteiger partial charge in [0.05, 0.1) is 17.7 Å². The molecule has 0 saturated heterocycles. The van der Waals surface area contributed by atoms with Crippen molar-refractivity contribution < 1.29 is 14.4 Å². The largest absolute Gasteiger partial charge is 0.340 e. The van der Waals surface area contributed by atoms with Crippen LogP contribution in [-0.2, 0) is 9.59 Å². The zero-order valence-electron chi connectivity index (χ0n) is 13.7. The fraction of sp³-hybridized carbons (Fsp3) is 0.312. The van der Waals surface area contributed by atoms with Gasteiger partial charge in [-0.3, -0.25) is 14.4 Å². The highest BCUT2D eigenvalue weighted by molar-refractivity contribution is 7.15. The summed E-state index contributed by atoms with van der Waals surface area (Å²) in [5, 5.41) is 16.9. The van der Waals surface area contributed by atoms with Gasteiger partial charge < -0.3 is 16.0 Å². The van der Waals surface area contributed by atoms with Crippen LogP contribution >= 0.6 is 11.3 Å². The van der Waals surface area contributed by atoms with Gasteiger partial charge in [0.15, 0.2) is 0 Å². The summed E-state index contributed by atoms with van der Waals surface area (Å²) in [5.74, 6) is -1.04. The molecule has 3 N–H and O–H groups in total. The molecule has 130 valence electrons. The van der Waals surface area contributed by atoms with Gasteiger partial charge in [-0.05, 0) is 12.1 Å². The van der Waals surface area contributed by atoms with E-state index in [1.54, 1.807) is 24.3 Å². The molecule has 0 saturated carbocycles. The van der Waals surface area contributed by atoms with Crippen LogP contribution < -0.4 is 16.0 Å². The molecule has 3 amide bonds. The van der Waals surface area contributed by atoms with Crippen LogP contribution in [0.2, 0.25) is 0 Å². The van der Waals surface area contributed by atoms with Crippen LogP contribution in [0.3, 0.4) is 0 Å². The fourth-order valence-corrected chi connectivity index (χ4v) is 3.09. The van der Waals surface area contributed by atoms with Crippen molar-refractivity contribution in [1.82, 2.24) is 15.5 Å². The van der Waals surface area contributed by atoms with Gasteiger partial charge in [0.25, 0.3) is 5.91 Å². The Labute approximate surface area is 148 Å². The minimum Gasteiger partial charge on any atom is -0.340 e. The molecule has 0 bridgehead atoms. The van der Waals surface area contributed by atoms with E-state index in [0.717, 1.165) is 5.01 Å². The predicted molar refractivity (Wildman–Crippen MR) is 93.6 cm³/mol. The van der Waals surface area contributed by atoms with E-state index in [-0.39, 0.29) is 12.3 Å². The molecule has 1 aromatic heterocycles. The molecule has 1 aromatic carbocycles. The van der Waals surface area contributed by atoms with Crippen LogP contribution in [0, 0.1) is 0 Å². The molecule has 1 aliphatic rings. The lowest BCUT2D eigenvalue weighted by atomic mass is 10.1. The molecular formula is C16H17N5O3S. The maximum absolute atomic E-state index is 12.3. The van der Waals surface area contributed by atoms with Gasteiger partial charge in [0.1, 0.15) is 11.0 Å². The van der Waals surface area contributed by atoms with Gasteiger partial charge in [-0.2, -0.15) is 0 Å². The molecule has 1 aliphatic heterocycles. The highest BCUT2D eigenvalue weighted by Gasteiger charge is 2.29. The Morgan fingerprint density at radius 3 is 2.76 bits per heavy atom. The Kier molecular flexibility index (Phi) is 4.75. The van der Waals surface area contributed by atoms with Crippen molar-refractivity contribution in [3.05, 3.63) is 34.8 Å². The lowest BCUT2D eigenvalue weighted by Gasteiger charge is -2.13. The normalized spacial score (nSPS) is 16.7. The number of fused-ring (bicyclic) bond motifs is 1. The van der Waals surface area contributed by atoms with E-state index < -0.39 is 23.8 Å². The molecule has 0 unspecified atom stereocenters. The fourth-order valence-electron chi connectivity index (χ4n) is 2.33. The van der Waals surface area contributed by atoms with E-state index in [4.69, 9.17) is 0 Å². The average Bonchev–Trinajstić information content (AvgIpc) is 2.98. The number of nitrogens with zero attached hydrogens (tertiary/aromatic N) is 2. The Hall–Kier alpha value is -2.81. The highest BCUT2D eigenvalue weighted by atomic mass is 32.1. The first-order valence-electron chi connectivity index (χ1n) is 7.78. The highest BCUT2D eigenvalue weighted by Crippen LogP contribution is 2.23. The standard InChI is InChI=1S/C16H17N5O3S/c1-8(2)15-20-21-16(25-15)19-12(22)7-11-14(24)17-10-6-4-3-5-9(10)13(23)18-11/h3-6,8,11H,7H2,1-2H3,(H,17,24)(H,18,23)(H,19,21,22)/t11-/m0/s1. The van der Waals surface area contributed by atoms with Crippen LogP contribution in [0.5, 0.6) is 0 Å². The predicted octanol–water partition coefficient (Wildman–Crippen LogP) is 1.74. The molecule has 9 heteroatoms. The number of anilines is 2. The van der Waals surface area contributed by atoms with Crippen LogP contribution in [0.4, 0.5) is 10.8 Å². The van der Waals surface area contributed by atoms with Gasteiger partial charge in [-0.15, -0.1) is 10.2 Å². The number of hydrogen-bond acceptors (Lipinski definition) is 6. The Morgan fingerprint density at radius 2 is 2.04 bits per heavy atom. The van der Waals surface area contributed by atoms with Crippen LogP contribution in [0.1, 0.15) is 41.6 Å². The molecule has 8 nitrogen and oxygen atoms in total. The van der Waals surface area contributed by atoms with E-state index in [1.165, 1.54) is 11.3 Å². The lowest BCUT2D eigenvalue weighted by Crippen LogP contribution is -2.43. The summed E-state index contributed by atoms with van der Waals surface area (Å²) in [7, 11) is 0. The topological polar surface area (TPSA) is 113 Å². The zero-order chi connectivity index (χ0) is 18.0. The number of carbonyl (C=O) groups excluding carboxylic acids is 3. The molecule has 1 atom stereocenters. The Balaban J connectivity index is 1.67. The number of aromatic nitrogens is 2. The lowest BCUT2D eigenvalue weighted by molar-refractivity contribution is -0.122.